The zero-order valence-electron chi connectivity index (χ0n) is 12.2. The zero-order valence-corrected chi connectivity index (χ0v) is 12.2. The van der Waals surface area contributed by atoms with Crippen molar-refractivity contribution in [2.75, 3.05) is 26.9 Å². The Hall–Kier alpha value is -0.410. The van der Waals surface area contributed by atoms with Crippen LogP contribution in [-0.4, -0.2) is 32.7 Å². The van der Waals surface area contributed by atoms with Crippen LogP contribution in [0.4, 0.5) is 0 Å². The van der Waals surface area contributed by atoms with Crippen LogP contribution < -0.4 is 0 Å². The Morgan fingerprint density at radius 1 is 0.833 bits per heavy atom. The lowest BCUT2D eigenvalue weighted by molar-refractivity contribution is -0.120. The van der Waals surface area contributed by atoms with Crippen molar-refractivity contribution in [1.29, 1.82) is 0 Å². The van der Waals surface area contributed by atoms with Gasteiger partial charge in [0.05, 0.1) is 19.8 Å². The van der Waals surface area contributed by atoms with Crippen LogP contribution in [-0.2, 0) is 14.3 Å². The van der Waals surface area contributed by atoms with Gasteiger partial charge >= 0.3 is 0 Å². The average molecular weight is 258 g/mol. The van der Waals surface area contributed by atoms with Gasteiger partial charge in [-0.2, -0.15) is 0 Å². The Morgan fingerprint density at radius 2 is 1.50 bits per heavy atom. The summed E-state index contributed by atoms with van der Waals surface area (Å²) in [4.78, 5) is 11.5. The fraction of sp³-hybridized carbons (Fsp3) is 0.933. The monoisotopic (exact) mass is 258 g/mol. The Morgan fingerprint density at radius 3 is 2.17 bits per heavy atom. The zero-order chi connectivity index (χ0) is 13.5. The highest BCUT2D eigenvalue weighted by Crippen LogP contribution is 2.09. The van der Waals surface area contributed by atoms with Crippen LogP contribution in [0.25, 0.3) is 0 Å². The second kappa shape index (κ2) is 14.7. The van der Waals surface area contributed by atoms with Crippen molar-refractivity contribution < 1.29 is 14.3 Å². The van der Waals surface area contributed by atoms with Gasteiger partial charge in [-0.25, -0.2) is 0 Å². The molecular weight excluding hydrogens is 228 g/mol. The van der Waals surface area contributed by atoms with Crippen molar-refractivity contribution in [2.24, 2.45) is 0 Å². The lowest BCUT2D eigenvalue weighted by Crippen LogP contribution is -2.07. The highest BCUT2D eigenvalue weighted by atomic mass is 16.5. The van der Waals surface area contributed by atoms with Crippen LogP contribution in [0.15, 0.2) is 0 Å². The molecule has 0 saturated carbocycles. The smallest absolute Gasteiger partial charge is 0.135 e. The summed E-state index contributed by atoms with van der Waals surface area (Å²) in [6.07, 6.45) is 10.1. The van der Waals surface area contributed by atoms with E-state index in [0.29, 0.717) is 32.0 Å². The van der Waals surface area contributed by atoms with E-state index in [-0.39, 0.29) is 0 Å². The first-order valence-corrected chi connectivity index (χ1v) is 7.39. The quantitative estimate of drug-likeness (QED) is 0.445. The molecule has 0 aromatic heterocycles. The van der Waals surface area contributed by atoms with Gasteiger partial charge in [-0.3, -0.25) is 4.79 Å². The predicted molar refractivity (Wildman–Crippen MR) is 74.9 cm³/mol. The largest absolute Gasteiger partial charge is 0.382 e. The maximum Gasteiger partial charge on any atom is 0.135 e. The van der Waals surface area contributed by atoms with E-state index in [1.165, 1.54) is 38.5 Å². The maximum atomic E-state index is 11.5. The summed E-state index contributed by atoms with van der Waals surface area (Å²) >= 11 is 0. The summed E-state index contributed by atoms with van der Waals surface area (Å²) in [6, 6.07) is 0. The van der Waals surface area contributed by atoms with Crippen molar-refractivity contribution in [3.63, 3.8) is 0 Å². The molecule has 18 heavy (non-hydrogen) atoms. The number of carbonyl (C=O) groups is 1. The van der Waals surface area contributed by atoms with E-state index in [1.54, 1.807) is 7.11 Å². The molecule has 3 nitrogen and oxygen atoms in total. The molecule has 0 radical (unpaired) electrons. The van der Waals surface area contributed by atoms with E-state index in [9.17, 15) is 4.79 Å². The van der Waals surface area contributed by atoms with Crippen LogP contribution in [0.1, 0.15) is 64.7 Å². The Balaban J connectivity index is 3.12. The maximum absolute atomic E-state index is 11.5. The molecule has 0 amide bonds. The first-order chi connectivity index (χ1) is 8.81. The van der Waals surface area contributed by atoms with Crippen molar-refractivity contribution in [2.45, 2.75) is 64.7 Å². The van der Waals surface area contributed by atoms with Crippen molar-refractivity contribution in [1.82, 2.24) is 0 Å². The van der Waals surface area contributed by atoms with Crippen molar-refractivity contribution in [3.8, 4) is 0 Å². The molecule has 0 aromatic carbocycles. The van der Waals surface area contributed by atoms with Gasteiger partial charge in [0.25, 0.3) is 0 Å². The second-order valence-corrected chi connectivity index (χ2v) is 4.77. The molecule has 0 aliphatic rings. The third kappa shape index (κ3) is 13.7. The number of carbonyl (C=O) groups excluding carboxylic acids is 1. The Bertz CT molecular complexity index is 181. The summed E-state index contributed by atoms with van der Waals surface area (Å²) in [5.41, 5.74) is 0. The van der Waals surface area contributed by atoms with E-state index in [2.05, 4.69) is 6.92 Å². The standard InChI is InChI=1S/C15H30O3/c1-3-4-5-6-7-8-9-10-15(16)11-12-18-14-13-17-2/h3-14H2,1-2H3. The van der Waals surface area contributed by atoms with Crippen LogP contribution in [0, 0.1) is 0 Å². The van der Waals surface area contributed by atoms with Gasteiger partial charge in [0.15, 0.2) is 0 Å². The van der Waals surface area contributed by atoms with Gasteiger partial charge in [0, 0.05) is 20.0 Å². The van der Waals surface area contributed by atoms with Gasteiger partial charge in [-0.1, -0.05) is 45.4 Å². The van der Waals surface area contributed by atoms with Crippen molar-refractivity contribution in [3.05, 3.63) is 0 Å². The molecule has 0 unspecified atom stereocenters. The number of ether oxygens (including phenoxy) is 2. The van der Waals surface area contributed by atoms with Gasteiger partial charge in [0.2, 0.25) is 0 Å². The van der Waals surface area contributed by atoms with Crippen LogP contribution >= 0.6 is 0 Å². The molecule has 0 atom stereocenters. The second-order valence-electron chi connectivity index (χ2n) is 4.77. The molecule has 0 bridgehead atoms. The molecule has 0 aliphatic carbocycles. The molecule has 0 saturated heterocycles. The van der Waals surface area contributed by atoms with Gasteiger partial charge in [0.1, 0.15) is 5.78 Å². The normalized spacial score (nSPS) is 10.8. The number of Topliss-reactive ketones (excluding diaryl/α,β-unsaturated/α-hetero) is 1. The van der Waals surface area contributed by atoms with Gasteiger partial charge in [-0.15, -0.1) is 0 Å². The van der Waals surface area contributed by atoms with E-state index in [4.69, 9.17) is 9.47 Å². The highest BCUT2D eigenvalue weighted by Gasteiger charge is 2.01. The molecule has 0 spiro atoms. The van der Waals surface area contributed by atoms with Crippen molar-refractivity contribution >= 4 is 5.78 Å². The molecule has 0 aromatic rings. The third-order valence-electron chi connectivity index (χ3n) is 3.02. The fourth-order valence-corrected chi connectivity index (χ4v) is 1.83. The van der Waals surface area contributed by atoms with E-state index < -0.39 is 0 Å². The molecule has 0 fully saturated rings. The Labute approximate surface area is 112 Å². The molecular formula is C15H30O3. The van der Waals surface area contributed by atoms with Gasteiger partial charge in [-0.05, 0) is 6.42 Å². The summed E-state index contributed by atoms with van der Waals surface area (Å²) in [7, 11) is 1.65. The lowest BCUT2D eigenvalue weighted by atomic mass is 10.1. The summed E-state index contributed by atoms with van der Waals surface area (Å²) in [5.74, 6) is 0.334. The summed E-state index contributed by atoms with van der Waals surface area (Å²) < 4.78 is 10.1. The van der Waals surface area contributed by atoms with Crippen LogP contribution in [0.3, 0.4) is 0 Å². The summed E-state index contributed by atoms with van der Waals surface area (Å²) in [5, 5.41) is 0. The highest BCUT2D eigenvalue weighted by molar-refractivity contribution is 5.78. The number of hydrogen-bond acceptors (Lipinski definition) is 3. The molecule has 0 rings (SSSR count). The molecule has 0 N–H and O–H groups in total. The van der Waals surface area contributed by atoms with E-state index in [0.717, 1.165) is 12.8 Å². The van der Waals surface area contributed by atoms with Crippen LogP contribution in [0.2, 0.25) is 0 Å². The van der Waals surface area contributed by atoms with Gasteiger partial charge < -0.3 is 9.47 Å². The number of hydrogen-bond donors (Lipinski definition) is 0. The number of rotatable bonds is 14. The molecule has 0 heterocycles. The molecule has 108 valence electrons. The minimum atomic E-state index is 0.334. The van der Waals surface area contributed by atoms with E-state index in [1.807, 2.05) is 0 Å². The first-order valence-electron chi connectivity index (χ1n) is 7.39. The Kier molecular flexibility index (Phi) is 14.3. The SMILES string of the molecule is CCCCCCCCCC(=O)CCOCCOC. The number of unbranched alkanes of at least 4 members (excludes halogenated alkanes) is 6. The number of methoxy groups -OCH3 is 1. The minimum absolute atomic E-state index is 0.334. The first kappa shape index (κ1) is 17.6. The average Bonchev–Trinajstić information content (AvgIpc) is 2.37. The fourth-order valence-electron chi connectivity index (χ4n) is 1.83. The lowest BCUT2D eigenvalue weighted by Gasteiger charge is -2.03. The molecule has 3 heteroatoms. The third-order valence-corrected chi connectivity index (χ3v) is 3.02. The number of ketones is 1. The van der Waals surface area contributed by atoms with E-state index >= 15 is 0 Å². The summed E-state index contributed by atoms with van der Waals surface area (Å²) in [6.45, 7) is 3.96. The topological polar surface area (TPSA) is 35.5 Å². The van der Waals surface area contributed by atoms with Crippen LogP contribution in [0.5, 0.6) is 0 Å². The minimum Gasteiger partial charge on any atom is -0.382 e. The molecule has 0 aliphatic heterocycles. The predicted octanol–water partition coefficient (Wildman–Crippen LogP) is 3.75.